The SMILES string of the molecule is COCC(C)CNC1CCCNC1. The molecule has 0 bridgehead atoms. The quantitative estimate of drug-likeness (QED) is 0.660. The van der Waals surface area contributed by atoms with Crippen molar-refractivity contribution in [2.75, 3.05) is 33.4 Å². The van der Waals surface area contributed by atoms with Gasteiger partial charge in [-0.15, -0.1) is 0 Å². The van der Waals surface area contributed by atoms with Crippen molar-refractivity contribution in [2.45, 2.75) is 25.8 Å². The average molecular weight is 186 g/mol. The molecule has 1 rings (SSSR count). The molecular formula is C10H22N2O. The molecule has 78 valence electrons. The summed E-state index contributed by atoms with van der Waals surface area (Å²) < 4.78 is 5.09. The first-order valence-corrected chi connectivity index (χ1v) is 5.26. The van der Waals surface area contributed by atoms with E-state index >= 15 is 0 Å². The van der Waals surface area contributed by atoms with Gasteiger partial charge in [-0.05, 0) is 25.3 Å². The minimum absolute atomic E-state index is 0.618. The van der Waals surface area contributed by atoms with Crippen LogP contribution in [0.3, 0.4) is 0 Å². The van der Waals surface area contributed by atoms with E-state index in [1.165, 1.54) is 19.4 Å². The summed E-state index contributed by atoms with van der Waals surface area (Å²) in [6, 6.07) is 0.674. The Kier molecular flexibility index (Phi) is 5.35. The Labute approximate surface area is 81.2 Å². The van der Waals surface area contributed by atoms with Crippen LogP contribution >= 0.6 is 0 Å². The zero-order valence-electron chi connectivity index (χ0n) is 8.81. The molecule has 0 aromatic carbocycles. The zero-order chi connectivity index (χ0) is 9.52. The van der Waals surface area contributed by atoms with E-state index in [4.69, 9.17) is 4.74 Å². The van der Waals surface area contributed by atoms with E-state index in [-0.39, 0.29) is 0 Å². The van der Waals surface area contributed by atoms with Gasteiger partial charge >= 0.3 is 0 Å². The fraction of sp³-hybridized carbons (Fsp3) is 1.00. The molecule has 1 fully saturated rings. The highest BCUT2D eigenvalue weighted by atomic mass is 16.5. The Hall–Kier alpha value is -0.120. The molecule has 3 heteroatoms. The van der Waals surface area contributed by atoms with Gasteiger partial charge in [0, 0.05) is 32.8 Å². The van der Waals surface area contributed by atoms with E-state index in [0.717, 1.165) is 19.7 Å². The van der Waals surface area contributed by atoms with Gasteiger partial charge in [-0.1, -0.05) is 6.92 Å². The first kappa shape index (κ1) is 11.0. The molecule has 13 heavy (non-hydrogen) atoms. The molecular weight excluding hydrogens is 164 g/mol. The molecule has 0 aromatic rings. The highest BCUT2D eigenvalue weighted by Gasteiger charge is 2.12. The molecule has 2 N–H and O–H groups in total. The van der Waals surface area contributed by atoms with Crippen LogP contribution in [0.5, 0.6) is 0 Å². The standard InChI is InChI=1S/C10H22N2O/c1-9(8-13-2)6-12-10-4-3-5-11-7-10/h9-12H,3-8H2,1-2H3. The highest BCUT2D eigenvalue weighted by Crippen LogP contribution is 2.02. The second kappa shape index (κ2) is 6.35. The molecule has 0 amide bonds. The van der Waals surface area contributed by atoms with Crippen molar-refractivity contribution in [3.05, 3.63) is 0 Å². The van der Waals surface area contributed by atoms with Crippen LogP contribution in [0.2, 0.25) is 0 Å². The Morgan fingerprint density at radius 3 is 3.08 bits per heavy atom. The number of nitrogens with one attached hydrogen (secondary N) is 2. The summed E-state index contributed by atoms with van der Waals surface area (Å²) in [4.78, 5) is 0. The molecule has 1 aliphatic heterocycles. The van der Waals surface area contributed by atoms with Crippen LogP contribution in [-0.4, -0.2) is 39.4 Å². The minimum atomic E-state index is 0.618. The van der Waals surface area contributed by atoms with Crippen LogP contribution < -0.4 is 10.6 Å². The average Bonchev–Trinajstić information content (AvgIpc) is 2.17. The van der Waals surface area contributed by atoms with Gasteiger partial charge in [0.25, 0.3) is 0 Å². The fourth-order valence-electron chi connectivity index (χ4n) is 1.74. The predicted octanol–water partition coefficient (Wildman–Crippen LogP) is 0.610. The third-order valence-corrected chi connectivity index (χ3v) is 2.50. The van der Waals surface area contributed by atoms with E-state index in [0.29, 0.717) is 12.0 Å². The van der Waals surface area contributed by atoms with Crippen LogP contribution in [0.15, 0.2) is 0 Å². The first-order chi connectivity index (χ1) is 6.33. The van der Waals surface area contributed by atoms with Gasteiger partial charge in [-0.3, -0.25) is 0 Å². The summed E-state index contributed by atoms with van der Waals surface area (Å²) in [5.41, 5.74) is 0. The van der Waals surface area contributed by atoms with E-state index in [9.17, 15) is 0 Å². The zero-order valence-corrected chi connectivity index (χ0v) is 8.81. The van der Waals surface area contributed by atoms with Crippen LogP contribution in [0.4, 0.5) is 0 Å². The van der Waals surface area contributed by atoms with Crippen molar-refractivity contribution in [1.82, 2.24) is 10.6 Å². The van der Waals surface area contributed by atoms with Crippen molar-refractivity contribution >= 4 is 0 Å². The third kappa shape index (κ3) is 4.60. The lowest BCUT2D eigenvalue weighted by Crippen LogP contribution is -2.44. The van der Waals surface area contributed by atoms with Crippen molar-refractivity contribution in [2.24, 2.45) is 5.92 Å². The maximum atomic E-state index is 5.09. The van der Waals surface area contributed by atoms with Crippen molar-refractivity contribution in [3.63, 3.8) is 0 Å². The Bertz CT molecular complexity index is 124. The number of ether oxygens (including phenoxy) is 1. The lowest BCUT2D eigenvalue weighted by atomic mass is 10.1. The largest absolute Gasteiger partial charge is 0.384 e. The van der Waals surface area contributed by atoms with E-state index in [2.05, 4.69) is 17.6 Å². The molecule has 2 unspecified atom stereocenters. The van der Waals surface area contributed by atoms with Crippen LogP contribution in [0.1, 0.15) is 19.8 Å². The maximum Gasteiger partial charge on any atom is 0.0499 e. The Morgan fingerprint density at radius 2 is 2.46 bits per heavy atom. The second-order valence-electron chi connectivity index (χ2n) is 4.01. The van der Waals surface area contributed by atoms with Crippen LogP contribution in [-0.2, 0) is 4.74 Å². The monoisotopic (exact) mass is 186 g/mol. The summed E-state index contributed by atoms with van der Waals surface area (Å²) >= 11 is 0. The summed E-state index contributed by atoms with van der Waals surface area (Å²) in [6.07, 6.45) is 2.61. The fourth-order valence-corrected chi connectivity index (χ4v) is 1.74. The molecule has 2 atom stereocenters. The summed E-state index contributed by atoms with van der Waals surface area (Å²) in [5, 5.41) is 6.96. The highest BCUT2D eigenvalue weighted by molar-refractivity contribution is 4.75. The number of piperidine rings is 1. The Balaban J connectivity index is 2.03. The lowest BCUT2D eigenvalue weighted by Gasteiger charge is -2.25. The summed E-state index contributed by atoms with van der Waals surface area (Å²) in [6.45, 7) is 6.45. The van der Waals surface area contributed by atoms with Gasteiger partial charge in [0.1, 0.15) is 0 Å². The van der Waals surface area contributed by atoms with Gasteiger partial charge < -0.3 is 15.4 Å². The van der Waals surface area contributed by atoms with Crippen molar-refractivity contribution < 1.29 is 4.74 Å². The molecule has 0 aliphatic carbocycles. The molecule has 0 spiro atoms. The normalized spacial score (nSPS) is 25.8. The van der Waals surface area contributed by atoms with Crippen molar-refractivity contribution in [1.29, 1.82) is 0 Å². The Morgan fingerprint density at radius 1 is 1.62 bits per heavy atom. The molecule has 3 nitrogen and oxygen atoms in total. The number of hydrogen-bond acceptors (Lipinski definition) is 3. The predicted molar refractivity (Wildman–Crippen MR) is 54.9 cm³/mol. The molecule has 0 aromatic heterocycles. The van der Waals surface area contributed by atoms with Gasteiger partial charge in [-0.25, -0.2) is 0 Å². The van der Waals surface area contributed by atoms with Gasteiger partial charge in [0.05, 0.1) is 0 Å². The molecule has 1 aliphatic rings. The van der Waals surface area contributed by atoms with E-state index in [1.54, 1.807) is 7.11 Å². The molecule has 0 radical (unpaired) electrons. The summed E-state index contributed by atoms with van der Waals surface area (Å²) in [5.74, 6) is 0.618. The topological polar surface area (TPSA) is 33.3 Å². The molecule has 1 saturated heterocycles. The first-order valence-electron chi connectivity index (χ1n) is 5.26. The van der Waals surface area contributed by atoms with Gasteiger partial charge in [-0.2, -0.15) is 0 Å². The summed E-state index contributed by atoms with van der Waals surface area (Å²) in [7, 11) is 1.76. The third-order valence-electron chi connectivity index (χ3n) is 2.50. The minimum Gasteiger partial charge on any atom is -0.384 e. The van der Waals surface area contributed by atoms with Gasteiger partial charge in [0.2, 0.25) is 0 Å². The van der Waals surface area contributed by atoms with Crippen LogP contribution in [0, 0.1) is 5.92 Å². The lowest BCUT2D eigenvalue weighted by molar-refractivity contribution is 0.156. The van der Waals surface area contributed by atoms with E-state index < -0.39 is 0 Å². The maximum absolute atomic E-state index is 5.09. The number of methoxy groups -OCH3 is 1. The second-order valence-corrected chi connectivity index (χ2v) is 4.01. The van der Waals surface area contributed by atoms with E-state index in [1.807, 2.05) is 0 Å². The molecule has 1 heterocycles. The van der Waals surface area contributed by atoms with Crippen LogP contribution in [0.25, 0.3) is 0 Å². The van der Waals surface area contributed by atoms with Crippen molar-refractivity contribution in [3.8, 4) is 0 Å². The smallest absolute Gasteiger partial charge is 0.0499 e. The molecule has 0 saturated carbocycles. The number of hydrogen-bond donors (Lipinski definition) is 2. The van der Waals surface area contributed by atoms with Gasteiger partial charge in [0.15, 0.2) is 0 Å². The number of rotatable bonds is 5.